The van der Waals surface area contributed by atoms with Crippen LogP contribution in [0.25, 0.3) is 11.3 Å². The highest BCUT2D eigenvalue weighted by atomic mass is 35.5. The van der Waals surface area contributed by atoms with Gasteiger partial charge >= 0.3 is 5.97 Å². The number of methoxy groups -OCH3 is 1. The van der Waals surface area contributed by atoms with Gasteiger partial charge in [0.1, 0.15) is 0 Å². The average Bonchev–Trinajstić information content (AvgIpc) is 2.53. The number of hydrogen-bond acceptors (Lipinski definition) is 4. The quantitative estimate of drug-likeness (QED) is 0.853. The van der Waals surface area contributed by atoms with Crippen LogP contribution in [-0.2, 0) is 9.53 Å². The Balaban J connectivity index is 2.72. The van der Waals surface area contributed by atoms with Gasteiger partial charge in [-0.15, -0.1) is 0 Å². The summed E-state index contributed by atoms with van der Waals surface area (Å²) in [4.78, 5) is 27.0. The van der Waals surface area contributed by atoms with E-state index in [0.29, 0.717) is 0 Å². The van der Waals surface area contributed by atoms with Gasteiger partial charge in [0.05, 0.1) is 23.5 Å². The molecule has 0 spiro atoms. The molecule has 0 unspecified atom stereocenters. The minimum absolute atomic E-state index is 0.0370. The number of aromatic nitrogens is 1. The molecule has 24 heavy (non-hydrogen) atoms. The van der Waals surface area contributed by atoms with Crippen molar-refractivity contribution in [3.63, 3.8) is 0 Å². The summed E-state index contributed by atoms with van der Waals surface area (Å²) in [5.74, 6) is -3.47. The molecule has 0 saturated heterocycles. The lowest BCUT2D eigenvalue weighted by atomic mass is 10.1. The van der Waals surface area contributed by atoms with E-state index in [9.17, 15) is 18.4 Å². The largest absolute Gasteiger partial charge is 0.464 e. The molecular weight excluding hydrogens is 342 g/mol. The number of hydrogen-bond donors (Lipinski definition) is 1. The second kappa shape index (κ2) is 6.92. The molecule has 5 nitrogen and oxygen atoms in total. The van der Waals surface area contributed by atoms with Crippen LogP contribution in [0.3, 0.4) is 0 Å². The van der Waals surface area contributed by atoms with Crippen LogP contribution in [0.5, 0.6) is 0 Å². The molecule has 1 heterocycles. The molecule has 0 aliphatic rings. The molecule has 2 aromatic rings. The van der Waals surface area contributed by atoms with Gasteiger partial charge < -0.3 is 10.1 Å². The maximum atomic E-state index is 14.2. The first-order valence-corrected chi connectivity index (χ1v) is 7.15. The second-order valence-electron chi connectivity index (χ2n) is 4.95. The number of aryl methyl sites for hydroxylation is 1. The minimum atomic E-state index is -1.12. The van der Waals surface area contributed by atoms with Crippen LogP contribution in [0.2, 0.25) is 5.02 Å². The van der Waals surface area contributed by atoms with Crippen LogP contribution >= 0.6 is 11.6 Å². The van der Waals surface area contributed by atoms with Gasteiger partial charge in [-0.1, -0.05) is 17.7 Å². The summed E-state index contributed by atoms with van der Waals surface area (Å²) in [6, 6.07) is 3.95. The summed E-state index contributed by atoms with van der Waals surface area (Å²) >= 11 is 6.04. The lowest BCUT2D eigenvalue weighted by molar-refractivity contribution is -0.114. The number of nitrogens with one attached hydrogen (secondary N) is 1. The molecule has 0 bridgehead atoms. The summed E-state index contributed by atoms with van der Waals surface area (Å²) < 4.78 is 32.6. The van der Waals surface area contributed by atoms with Crippen LogP contribution in [0.15, 0.2) is 18.2 Å². The third kappa shape index (κ3) is 3.35. The summed E-state index contributed by atoms with van der Waals surface area (Å²) in [7, 11) is 1.12. The van der Waals surface area contributed by atoms with E-state index >= 15 is 0 Å². The van der Waals surface area contributed by atoms with E-state index in [-0.39, 0.29) is 33.2 Å². The van der Waals surface area contributed by atoms with E-state index in [4.69, 9.17) is 11.6 Å². The fourth-order valence-electron chi connectivity index (χ4n) is 2.02. The fraction of sp³-hybridized carbons (Fsp3) is 0.188. The summed E-state index contributed by atoms with van der Waals surface area (Å²) in [6.07, 6.45) is 0. The maximum absolute atomic E-state index is 14.2. The summed E-state index contributed by atoms with van der Waals surface area (Å²) in [5, 5.41) is 2.25. The SMILES string of the molecule is COC(=O)c1nc(-c2ccc(C)c(F)c2F)cc(NC(C)=O)c1Cl. The number of halogens is 3. The Kier molecular flexibility index (Phi) is 5.14. The highest BCUT2D eigenvalue weighted by Crippen LogP contribution is 2.32. The molecule has 1 amide bonds. The Bertz CT molecular complexity index is 841. The van der Waals surface area contributed by atoms with Gasteiger partial charge in [0.25, 0.3) is 0 Å². The molecule has 0 saturated carbocycles. The van der Waals surface area contributed by atoms with Crippen LogP contribution in [0.1, 0.15) is 23.0 Å². The number of rotatable bonds is 3. The van der Waals surface area contributed by atoms with Crippen LogP contribution in [-0.4, -0.2) is 24.0 Å². The Hall–Kier alpha value is -2.54. The van der Waals surface area contributed by atoms with E-state index in [2.05, 4.69) is 15.0 Å². The van der Waals surface area contributed by atoms with E-state index in [0.717, 1.165) is 7.11 Å². The van der Waals surface area contributed by atoms with Gasteiger partial charge in [-0.3, -0.25) is 4.79 Å². The Morgan fingerprint density at radius 3 is 2.50 bits per heavy atom. The zero-order valence-corrected chi connectivity index (χ0v) is 13.8. The van der Waals surface area contributed by atoms with E-state index < -0.39 is 23.5 Å². The zero-order chi connectivity index (χ0) is 18.0. The number of esters is 1. The first kappa shape index (κ1) is 17.8. The van der Waals surface area contributed by atoms with Crippen LogP contribution in [0, 0.1) is 18.6 Å². The molecule has 0 aliphatic heterocycles. The number of amides is 1. The van der Waals surface area contributed by atoms with Gasteiger partial charge in [0.15, 0.2) is 17.3 Å². The van der Waals surface area contributed by atoms with Crippen molar-refractivity contribution in [2.45, 2.75) is 13.8 Å². The van der Waals surface area contributed by atoms with E-state index in [1.807, 2.05) is 0 Å². The van der Waals surface area contributed by atoms with E-state index in [1.165, 1.54) is 32.0 Å². The molecule has 0 aliphatic carbocycles. The van der Waals surface area contributed by atoms with Gasteiger partial charge in [0, 0.05) is 12.5 Å². The van der Waals surface area contributed by atoms with Crippen molar-refractivity contribution in [1.29, 1.82) is 0 Å². The molecular formula is C16H13ClF2N2O3. The molecule has 1 N–H and O–H groups in total. The van der Waals surface area contributed by atoms with Gasteiger partial charge in [-0.2, -0.15) is 0 Å². The molecule has 1 aromatic carbocycles. The molecule has 0 atom stereocenters. The van der Waals surface area contributed by atoms with Crippen LogP contribution in [0.4, 0.5) is 14.5 Å². The Labute approximate surface area is 141 Å². The van der Waals surface area contributed by atoms with E-state index in [1.54, 1.807) is 0 Å². The highest BCUT2D eigenvalue weighted by Gasteiger charge is 2.22. The molecule has 2 rings (SSSR count). The second-order valence-corrected chi connectivity index (χ2v) is 5.33. The van der Waals surface area contributed by atoms with Crippen molar-refractivity contribution >= 4 is 29.2 Å². The zero-order valence-electron chi connectivity index (χ0n) is 13.0. The van der Waals surface area contributed by atoms with Gasteiger partial charge in [-0.25, -0.2) is 18.6 Å². The standard InChI is InChI=1S/C16H13ClF2N2O3/c1-7-4-5-9(14(19)13(7)18)10-6-11(20-8(2)22)12(17)15(21-10)16(23)24-3/h4-6H,1-3H3,(H,20,21,22). The Morgan fingerprint density at radius 1 is 1.25 bits per heavy atom. The lowest BCUT2D eigenvalue weighted by Gasteiger charge is -2.12. The van der Waals surface area contributed by atoms with Crippen molar-refractivity contribution in [2.75, 3.05) is 12.4 Å². The first-order valence-electron chi connectivity index (χ1n) is 6.77. The topological polar surface area (TPSA) is 68.3 Å². The molecule has 1 aromatic heterocycles. The summed E-state index contributed by atoms with van der Waals surface area (Å²) in [6.45, 7) is 2.65. The number of carbonyl (C=O) groups is 2. The monoisotopic (exact) mass is 354 g/mol. The van der Waals surface area contributed by atoms with Gasteiger partial charge in [-0.05, 0) is 24.6 Å². The molecule has 0 radical (unpaired) electrons. The predicted molar refractivity (Wildman–Crippen MR) is 85.0 cm³/mol. The number of nitrogens with zero attached hydrogens (tertiary/aromatic N) is 1. The number of pyridine rings is 1. The third-order valence-corrected chi connectivity index (χ3v) is 3.58. The Morgan fingerprint density at radius 2 is 1.92 bits per heavy atom. The smallest absolute Gasteiger partial charge is 0.358 e. The van der Waals surface area contributed by atoms with Gasteiger partial charge in [0.2, 0.25) is 5.91 Å². The van der Waals surface area contributed by atoms with Crippen molar-refractivity contribution < 1.29 is 23.1 Å². The van der Waals surface area contributed by atoms with Crippen molar-refractivity contribution in [1.82, 2.24) is 4.98 Å². The fourth-order valence-corrected chi connectivity index (χ4v) is 2.24. The third-order valence-electron chi connectivity index (χ3n) is 3.20. The normalized spacial score (nSPS) is 10.4. The first-order chi connectivity index (χ1) is 11.3. The average molecular weight is 355 g/mol. The maximum Gasteiger partial charge on any atom is 0.358 e. The number of ether oxygens (including phenoxy) is 1. The predicted octanol–water partition coefficient (Wildman–Crippen LogP) is 3.73. The van der Waals surface area contributed by atoms with Crippen LogP contribution < -0.4 is 5.32 Å². The minimum Gasteiger partial charge on any atom is -0.464 e. The van der Waals surface area contributed by atoms with Crippen molar-refractivity contribution in [3.8, 4) is 11.3 Å². The number of benzene rings is 1. The van der Waals surface area contributed by atoms with Crippen molar-refractivity contribution in [2.24, 2.45) is 0 Å². The molecule has 8 heteroatoms. The summed E-state index contributed by atoms with van der Waals surface area (Å²) in [5.41, 5.74) is -0.400. The molecule has 126 valence electrons. The molecule has 0 fully saturated rings. The number of anilines is 1. The number of carbonyl (C=O) groups excluding carboxylic acids is 2. The highest BCUT2D eigenvalue weighted by molar-refractivity contribution is 6.36. The lowest BCUT2D eigenvalue weighted by Crippen LogP contribution is -2.12. The van der Waals surface area contributed by atoms with Crippen molar-refractivity contribution in [3.05, 3.63) is 46.1 Å².